The zero-order valence-corrected chi connectivity index (χ0v) is 12.9. The van der Waals surface area contributed by atoms with Gasteiger partial charge in [-0.05, 0) is 43.5 Å². The predicted molar refractivity (Wildman–Crippen MR) is 82.2 cm³/mol. The smallest absolute Gasteiger partial charge is 0.118 e. The van der Waals surface area contributed by atoms with Gasteiger partial charge in [-0.15, -0.1) is 0 Å². The average molecular weight is 277 g/mol. The van der Waals surface area contributed by atoms with Crippen molar-refractivity contribution in [3.05, 3.63) is 29.8 Å². The molecule has 3 heteroatoms. The number of likely N-dealkylation sites (N-methyl/N-ethyl adjacent to an activating group) is 1. The van der Waals surface area contributed by atoms with Crippen molar-refractivity contribution in [2.24, 2.45) is 5.92 Å². The first-order valence-corrected chi connectivity index (χ1v) is 7.65. The van der Waals surface area contributed by atoms with Crippen molar-refractivity contribution in [2.75, 3.05) is 20.8 Å². The summed E-state index contributed by atoms with van der Waals surface area (Å²) in [5, 5.41) is 3.34. The Bertz CT molecular complexity index is 390. The summed E-state index contributed by atoms with van der Waals surface area (Å²) in [7, 11) is 3.68. The maximum atomic E-state index is 6.12. The number of rotatable bonds is 6. The van der Waals surface area contributed by atoms with Crippen LogP contribution in [0.4, 0.5) is 0 Å². The Hall–Kier alpha value is -1.06. The summed E-state index contributed by atoms with van der Waals surface area (Å²) in [6.07, 6.45) is 5.52. The molecular weight excluding hydrogens is 250 g/mol. The van der Waals surface area contributed by atoms with Crippen LogP contribution >= 0.6 is 0 Å². The third-order valence-corrected chi connectivity index (χ3v) is 4.25. The Labute approximate surface area is 122 Å². The van der Waals surface area contributed by atoms with Gasteiger partial charge < -0.3 is 14.8 Å². The Morgan fingerprint density at radius 2 is 2.00 bits per heavy atom. The fraction of sp³-hybridized carbons (Fsp3) is 0.647. The molecule has 0 radical (unpaired) electrons. The first kappa shape index (κ1) is 15.3. The molecule has 1 saturated carbocycles. The van der Waals surface area contributed by atoms with Crippen LogP contribution in [0.2, 0.25) is 0 Å². The van der Waals surface area contributed by atoms with Crippen molar-refractivity contribution < 1.29 is 9.47 Å². The predicted octanol–water partition coefficient (Wildman–Crippen LogP) is 3.55. The minimum absolute atomic E-state index is 0.248. The van der Waals surface area contributed by atoms with Gasteiger partial charge in [0.05, 0.1) is 25.9 Å². The number of nitrogens with one attached hydrogen (secondary N) is 1. The van der Waals surface area contributed by atoms with Crippen LogP contribution < -0.4 is 10.1 Å². The topological polar surface area (TPSA) is 30.5 Å². The third-order valence-electron chi connectivity index (χ3n) is 4.25. The van der Waals surface area contributed by atoms with Crippen LogP contribution in [0, 0.1) is 5.92 Å². The van der Waals surface area contributed by atoms with Crippen LogP contribution in [-0.4, -0.2) is 26.9 Å². The van der Waals surface area contributed by atoms with E-state index in [9.17, 15) is 0 Å². The first-order valence-electron chi connectivity index (χ1n) is 7.65. The van der Waals surface area contributed by atoms with E-state index in [4.69, 9.17) is 9.47 Å². The lowest BCUT2D eigenvalue weighted by Crippen LogP contribution is -2.28. The molecule has 20 heavy (non-hydrogen) atoms. The van der Waals surface area contributed by atoms with Crippen LogP contribution in [0.3, 0.4) is 0 Å². The Balaban J connectivity index is 1.87. The number of benzene rings is 1. The van der Waals surface area contributed by atoms with Gasteiger partial charge in [-0.25, -0.2) is 0 Å². The molecule has 3 unspecified atom stereocenters. The van der Waals surface area contributed by atoms with E-state index in [0.29, 0.717) is 6.10 Å². The second-order valence-electron chi connectivity index (χ2n) is 5.84. The van der Waals surface area contributed by atoms with Crippen LogP contribution in [0.25, 0.3) is 0 Å². The van der Waals surface area contributed by atoms with Gasteiger partial charge in [-0.1, -0.05) is 31.9 Å². The molecule has 0 bridgehead atoms. The second kappa shape index (κ2) is 7.65. The summed E-state index contributed by atoms with van der Waals surface area (Å²) < 4.78 is 11.3. The Morgan fingerprint density at radius 1 is 1.25 bits per heavy atom. The molecule has 112 valence electrons. The molecule has 0 spiro atoms. The highest BCUT2D eigenvalue weighted by atomic mass is 16.5. The quantitative estimate of drug-likeness (QED) is 0.862. The van der Waals surface area contributed by atoms with Gasteiger partial charge in [-0.3, -0.25) is 0 Å². The lowest BCUT2D eigenvalue weighted by molar-refractivity contribution is 0.00487. The van der Waals surface area contributed by atoms with E-state index in [1.54, 1.807) is 7.11 Å². The fourth-order valence-corrected chi connectivity index (χ4v) is 2.94. The lowest BCUT2D eigenvalue weighted by Gasteiger charge is -2.28. The molecule has 0 aromatic heterocycles. The number of ether oxygens (including phenoxy) is 2. The van der Waals surface area contributed by atoms with Crippen molar-refractivity contribution in [1.29, 1.82) is 0 Å². The van der Waals surface area contributed by atoms with E-state index in [0.717, 1.165) is 18.3 Å². The summed E-state index contributed by atoms with van der Waals surface area (Å²) in [5.74, 6) is 1.70. The zero-order valence-electron chi connectivity index (χ0n) is 12.9. The van der Waals surface area contributed by atoms with E-state index in [-0.39, 0.29) is 6.04 Å². The van der Waals surface area contributed by atoms with Gasteiger partial charge in [0.25, 0.3) is 0 Å². The molecule has 1 aromatic rings. The molecule has 3 atom stereocenters. The molecule has 0 aliphatic heterocycles. The molecule has 1 N–H and O–H groups in total. The van der Waals surface area contributed by atoms with E-state index < -0.39 is 0 Å². The molecule has 1 fully saturated rings. The van der Waals surface area contributed by atoms with Gasteiger partial charge in [0.1, 0.15) is 5.75 Å². The molecule has 1 aliphatic rings. The van der Waals surface area contributed by atoms with E-state index in [1.165, 1.54) is 31.2 Å². The normalized spacial score (nSPS) is 24.4. The second-order valence-corrected chi connectivity index (χ2v) is 5.84. The highest BCUT2D eigenvalue weighted by Gasteiger charge is 2.20. The highest BCUT2D eigenvalue weighted by Crippen LogP contribution is 2.27. The van der Waals surface area contributed by atoms with Gasteiger partial charge in [-0.2, -0.15) is 0 Å². The van der Waals surface area contributed by atoms with Crippen LogP contribution in [0.5, 0.6) is 5.75 Å². The molecule has 2 rings (SSSR count). The van der Waals surface area contributed by atoms with E-state index in [2.05, 4.69) is 24.4 Å². The van der Waals surface area contributed by atoms with E-state index >= 15 is 0 Å². The Kier molecular flexibility index (Phi) is 5.86. The molecule has 0 heterocycles. The molecule has 0 saturated heterocycles. The van der Waals surface area contributed by atoms with Gasteiger partial charge in [0, 0.05) is 0 Å². The van der Waals surface area contributed by atoms with Gasteiger partial charge in [0.2, 0.25) is 0 Å². The van der Waals surface area contributed by atoms with E-state index in [1.807, 2.05) is 19.2 Å². The van der Waals surface area contributed by atoms with Crippen molar-refractivity contribution >= 4 is 0 Å². The minimum Gasteiger partial charge on any atom is -0.497 e. The van der Waals surface area contributed by atoms with Crippen molar-refractivity contribution in [1.82, 2.24) is 5.32 Å². The first-order chi connectivity index (χ1) is 9.72. The van der Waals surface area contributed by atoms with Gasteiger partial charge in [0.15, 0.2) is 0 Å². The summed E-state index contributed by atoms with van der Waals surface area (Å²) in [6, 6.07) is 8.46. The van der Waals surface area contributed by atoms with Crippen LogP contribution in [0.1, 0.15) is 44.2 Å². The SMILES string of the molecule is CNC(COC1CCCC(C)C1)c1ccc(OC)cc1. The standard InChI is InChI=1S/C17H27NO2/c1-13-5-4-6-16(11-13)20-12-17(18-2)14-7-9-15(19-3)10-8-14/h7-10,13,16-18H,4-6,11-12H2,1-3H3. The largest absolute Gasteiger partial charge is 0.497 e. The maximum absolute atomic E-state index is 6.12. The fourth-order valence-electron chi connectivity index (χ4n) is 2.94. The van der Waals surface area contributed by atoms with Gasteiger partial charge >= 0.3 is 0 Å². The zero-order chi connectivity index (χ0) is 14.4. The monoisotopic (exact) mass is 277 g/mol. The van der Waals surface area contributed by atoms with Crippen molar-refractivity contribution in [2.45, 2.75) is 44.8 Å². The molecular formula is C17H27NO2. The number of hydrogen-bond donors (Lipinski definition) is 1. The molecule has 3 nitrogen and oxygen atoms in total. The Morgan fingerprint density at radius 3 is 2.60 bits per heavy atom. The van der Waals surface area contributed by atoms with Crippen LogP contribution in [0.15, 0.2) is 24.3 Å². The molecule has 1 aliphatic carbocycles. The lowest BCUT2D eigenvalue weighted by atomic mass is 9.89. The molecule has 0 amide bonds. The number of hydrogen-bond acceptors (Lipinski definition) is 3. The van der Waals surface area contributed by atoms with Crippen LogP contribution in [-0.2, 0) is 4.74 Å². The maximum Gasteiger partial charge on any atom is 0.118 e. The molecule has 1 aromatic carbocycles. The minimum atomic E-state index is 0.248. The van der Waals surface area contributed by atoms with Crippen molar-refractivity contribution in [3.63, 3.8) is 0 Å². The van der Waals surface area contributed by atoms with Crippen molar-refractivity contribution in [3.8, 4) is 5.75 Å². The summed E-state index contributed by atoms with van der Waals surface area (Å²) in [5.41, 5.74) is 1.25. The average Bonchev–Trinajstić information content (AvgIpc) is 2.48. The highest BCUT2D eigenvalue weighted by molar-refractivity contribution is 5.29. The summed E-state index contributed by atoms with van der Waals surface area (Å²) in [4.78, 5) is 0. The number of methoxy groups -OCH3 is 1. The summed E-state index contributed by atoms with van der Waals surface area (Å²) in [6.45, 7) is 3.06. The summed E-state index contributed by atoms with van der Waals surface area (Å²) >= 11 is 0. The third kappa shape index (κ3) is 4.22.